The topological polar surface area (TPSA) is 99.5 Å². The number of amides is 2. The number of tetrazole rings is 1. The van der Waals surface area contributed by atoms with Crippen molar-refractivity contribution in [1.29, 1.82) is 0 Å². The van der Waals surface area contributed by atoms with Crippen LogP contribution < -0.4 is 15.1 Å². The zero-order valence-electron chi connectivity index (χ0n) is 19.5. The maximum absolute atomic E-state index is 13.7. The zero-order valence-corrected chi connectivity index (χ0v) is 19.5. The van der Waals surface area contributed by atoms with Crippen molar-refractivity contribution in [1.82, 2.24) is 25.1 Å². The monoisotopic (exact) mass is 472 g/mol. The lowest BCUT2D eigenvalue weighted by Gasteiger charge is -2.45. The van der Waals surface area contributed by atoms with Crippen LogP contribution in [0.4, 0.5) is 17.3 Å². The summed E-state index contributed by atoms with van der Waals surface area (Å²) in [6.07, 6.45) is 3.31. The van der Waals surface area contributed by atoms with E-state index in [-0.39, 0.29) is 18.4 Å². The average Bonchev–Trinajstić information content (AvgIpc) is 3.57. The van der Waals surface area contributed by atoms with E-state index in [1.54, 1.807) is 9.58 Å². The normalized spacial score (nSPS) is 19.6. The number of para-hydroxylation sites is 3. The Morgan fingerprint density at radius 1 is 0.943 bits per heavy atom. The minimum atomic E-state index is -0.773. The number of aromatic nitrogens is 4. The quantitative estimate of drug-likeness (QED) is 0.621. The smallest absolute Gasteiger partial charge is 0.250 e. The summed E-state index contributed by atoms with van der Waals surface area (Å²) in [5.41, 5.74) is 1.65. The number of rotatable bonds is 4. The molecule has 1 aliphatic carbocycles. The van der Waals surface area contributed by atoms with E-state index < -0.39 is 5.54 Å². The maximum Gasteiger partial charge on any atom is 0.250 e. The predicted octanol–water partition coefficient (Wildman–Crippen LogP) is 2.08. The Balaban J connectivity index is 1.17. The van der Waals surface area contributed by atoms with Crippen molar-refractivity contribution in [2.24, 2.45) is 0 Å². The number of nitrogens with one attached hydrogen (secondary N) is 1. The molecule has 2 amide bonds. The number of carbonyl (C=O) groups is 2. The van der Waals surface area contributed by atoms with Gasteiger partial charge in [0.25, 0.3) is 5.91 Å². The first kappa shape index (κ1) is 21.7. The van der Waals surface area contributed by atoms with Gasteiger partial charge >= 0.3 is 0 Å². The fourth-order valence-corrected chi connectivity index (χ4v) is 5.61. The largest absolute Gasteiger partial charge is 0.337 e. The molecule has 180 valence electrons. The van der Waals surface area contributed by atoms with Gasteiger partial charge in [-0.05, 0) is 47.5 Å². The Hall–Kier alpha value is -3.79. The van der Waals surface area contributed by atoms with Gasteiger partial charge in [-0.15, -0.1) is 0 Å². The molecule has 3 aliphatic rings. The van der Waals surface area contributed by atoms with Crippen LogP contribution in [0.15, 0.2) is 54.6 Å². The molecule has 2 aliphatic heterocycles. The molecule has 1 saturated heterocycles. The molecule has 0 radical (unpaired) electrons. The van der Waals surface area contributed by atoms with Crippen LogP contribution in [-0.4, -0.2) is 75.2 Å². The number of piperazine rings is 1. The Morgan fingerprint density at radius 2 is 1.66 bits per heavy atom. The molecule has 6 rings (SSSR count). The minimum Gasteiger partial charge on any atom is -0.337 e. The third kappa shape index (κ3) is 3.74. The molecule has 2 aromatic carbocycles. The van der Waals surface area contributed by atoms with Gasteiger partial charge in [0.1, 0.15) is 5.54 Å². The van der Waals surface area contributed by atoms with E-state index in [0.29, 0.717) is 50.7 Å². The van der Waals surface area contributed by atoms with Gasteiger partial charge in [-0.1, -0.05) is 48.3 Å². The molecule has 0 unspecified atom stereocenters. The molecular weight excluding hydrogens is 444 g/mol. The van der Waals surface area contributed by atoms with Crippen molar-refractivity contribution < 1.29 is 9.59 Å². The third-order valence-electron chi connectivity index (χ3n) is 7.39. The SMILES string of the molecule is O=C(CN1CCN(c2nnnn2-c2ccccc2)CC1)N1c2ccccc2NC(=O)C12CCCC2. The predicted molar refractivity (Wildman–Crippen MR) is 132 cm³/mol. The summed E-state index contributed by atoms with van der Waals surface area (Å²) in [6, 6.07) is 17.4. The van der Waals surface area contributed by atoms with Crippen LogP contribution in [-0.2, 0) is 9.59 Å². The second-order valence-corrected chi connectivity index (χ2v) is 9.43. The van der Waals surface area contributed by atoms with Gasteiger partial charge in [0.2, 0.25) is 11.9 Å². The summed E-state index contributed by atoms with van der Waals surface area (Å²) >= 11 is 0. The second kappa shape index (κ2) is 8.77. The number of benzene rings is 2. The highest BCUT2D eigenvalue weighted by atomic mass is 16.2. The molecule has 2 fully saturated rings. The first-order valence-electron chi connectivity index (χ1n) is 12.2. The zero-order chi connectivity index (χ0) is 23.8. The van der Waals surface area contributed by atoms with Crippen LogP contribution in [0.1, 0.15) is 25.7 Å². The van der Waals surface area contributed by atoms with Crippen molar-refractivity contribution in [3.05, 3.63) is 54.6 Å². The van der Waals surface area contributed by atoms with Gasteiger partial charge in [-0.25, -0.2) is 0 Å². The summed E-state index contributed by atoms with van der Waals surface area (Å²) in [6.45, 7) is 3.12. The van der Waals surface area contributed by atoms with E-state index in [1.807, 2.05) is 54.6 Å². The number of hydrogen-bond acceptors (Lipinski definition) is 7. The van der Waals surface area contributed by atoms with Crippen LogP contribution in [0.5, 0.6) is 0 Å². The van der Waals surface area contributed by atoms with E-state index in [1.165, 1.54) is 0 Å². The Labute approximate surface area is 203 Å². The summed E-state index contributed by atoms with van der Waals surface area (Å²) in [4.78, 5) is 33.0. The lowest BCUT2D eigenvalue weighted by Crippen LogP contribution is -2.62. The Bertz CT molecular complexity index is 1230. The van der Waals surface area contributed by atoms with Gasteiger partial charge in [0, 0.05) is 26.2 Å². The number of nitrogens with zero attached hydrogens (tertiary/aromatic N) is 7. The van der Waals surface area contributed by atoms with E-state index in [2.05, 4.69) is 30.6 Å². The number of hydrogen-bond donors (Lipinski definition) is 1. The van der Waals surface area contributed by atoms with Crippen molar-refractivity contribution in [2.45, 2.75) is 31.2 Å². The highest BCUT2D eigenvalue weighted by Crippen LogP contribution is 2.45. The van der Waals surface area contributed by atoms with Gasteiger partial charge in [0.15, 0.2) is 0 Å². The Kier molecular flexibility index (Phi) is 5.44. The molecule has 0 bridgehead atoms. The number of fused-ring (bicyclic) bond motifs is 1. The molecule has 1 spiro atoms. The van der Waals surface area contributed by atoms with Crippen LogP contribution in [0.3, 0.4) is 0 Å². The fraction of sp³-hybridized carbons (Fsp3) is 0.400. The summed E-state index contributed by atoms with van der Waals surface area (Å²) in [5, 5.41) is 15.3. The van der Waals surface area contributed by atoms with Gasteiger partial charge in [-0.2, -0.15) is 4.68 Å². The van der Waals surface area contributed by atoms with Crippen LogP contribution in [0.25, 0.3) is 5.69 Å². The maximum atomic E-state index is 13.7. The molecule has 10 nitrogen and oxygen atoms in total. The lowest BCUT2D eigenvalue weighted by atomic mass is 9.89. The van der Waals surface area contributed by atoms with Gasteiger partial charge in [0.05, 0.1) is 23.6 Å². The first-order valence-corrected chi connectivity index (χ1v) is 12.2. The standard InChI is InChI=1S/C25H28N8O2/c34-22(32-21-11-5-4-10-20(21)26-23(35)25(32)12-6-7-13-25)18-30-14-16-31(17-15-30)24-27-28-29-33(24)19-8-2-1-3-9-19/h1-5,8-11H,6-7,12-18H2,(H,26,35). The van der Waals surface area contributed by atoms with Gasteiger partial charge in [-0.3, -0.25) is 19.4 Å². The highest BCUT2D eigenvalue weighted by molar-refractivity contribution is 6.15. The molecule has 35 heavy (non-hydrogen) atoms. The van der Waals surface area contributed by atoms with Crippen LogP contribution >= 0.6 is 0 Å². The van der Waals surface area contributed by atoms with Crippen molar-refractivity contribution in [3.63, 3.8) is 0 Å². The lowest BCUT2D eigenvalue weighted by molar-refractivity contribution is -0.128. The van der Waals surface area contributed by atoms with Crippen molar-refractivity contribution in [3.8, 4) is 5.69 Å². The summed E-state index contributed by atoms with van der Waals surface area (Å²) in [5.74, 6) is 0.630. The molecule has 0 atom stereocenters. The van der Waals surface area contributed by atoms with Crippen molar-refractivity contribution in [2.75, 3.05) is 47.8 Å². The van der Waals surface area contributed by atoms with E-state index in [4.69, 9.17) is 0 Å². The number of carbonyl (C=O) groups excluding carboxylic acids is 2. The molecule has 3 aromatic rings. The molecule has 3 heterocycles. The summed E-state index contributed by atoms with van der Waals surface area (Å²) < 4.78 is 1.74. The van der Waals surface area contributed by atoms with Gasteiger partial charge < -0.3 is 10.2 Å². The number of anilines is 3. The van der Waals surface area contributed by atoms with Crippen LogP contribution in [0.2, 0.25) is 0 Å². The van der Waals surface area contributed by atoms with E-state index in [0.717, 1.165) is 24.2 Å². The van der Waals surface area contributed by atoms with Crippen molar-refractivity contribution >= 4 is 29.1 Å². The first-order chi connectivity index (χ1) is 17.2. The molecule has 10 heteroatoms. The third-order valence-corrected chi connectivity index (χ3v) is 7.39. The molecule has 1 N–H and O–H groups in total. The molecule has 1 saturated carbocycles. The summed E-state index contributed by atoms with van der Waals surface area (Å²) in [7, 11) is 0. The Morgan fingerprint density at radius 3 is 2.43 bits per heavy atom. The molecular formula is C25H28N8O2. The average molecular weight is 473 g/mol. The minimum absolute atomic E-state index is 0.0169. The fourth-order valence-electron chi connectivity index (χ4n) is 5.61. The van der Waals surface area contributed by atoms with E-state index in [9.17, 15) is 9.59 Å². The van der Waals surface area contributed by atoms with E-state index >= 15 is 0 Å². The van der Waals surface area contributed by atoms with Crippen LogP contribution in [0, 0.1) is 0 Å². The second-order valence-electron chi connectivity index (χ2n) is 9.43. The molecule has 1 aromatic heterocycles. The highest BCUT2D eigenvalue weighted by Gasteiger charge is 2.52.